The van der Waals surface area contributed by atoms with Crippen LogP contribution in [-0.2, 0) is 9.84 Å². The second-order valence-electron chi connectivity index (χ2n) is 3.65. The van der Waals surface area contributed by atoms with E-state index in [2.05, 4.69) is 4.98 Å². The van der Waals surface area contributed by atoms with Crippen molar-refractivity contribution < 1.29 is 8.42 Å². The molecule has 76 valence electrons. The third-order valence-corrected chi connectivity index (χ3v) is 3.50. The van der Waals surface area contributed by atoms with Crippen molar-refractivity contribution in [2.45, 2.75) is 23.7 Å². The van der Waals surface area contributed by atoms with Gasteiger partial charge in [-0.25, -0.2) is 8.42 Å². The zero-order chi connectivity index (χ0) is 10.3. The van der Waals surface area contributed by atoms with Gasteiger partial charge in [-0.2, -0.15) is 0 Å². The second kappa shape index (κ2) is 2.95. The molecule has 2 rings (SSSR count). The number of anilines is 1. The van der Waals surface area contributed by atoms with Gasteiger partial charge in [0.2, 0.25) is 0 Å². The van der Waals surface area contributed by atoms with Gasteiger partial charge in [-0.3, -0.25) is 4.98 Å². The minimum Gasteiger partial charge on any atom is -0.396 e. The molecule has 1 aromatic rings. The Hall–Kier alpha value is -1.10. The lowest BCUT2D eigenvalue weighted by Gasteiger charge is -2.07. The summed E-state index contributed by atoms with van der Waals surface area (Å²) in [5, 5.41) is 0. The van der Waals surface area contributed by atoms with Crippen LogP contribution in [0.2, 0.25) is 0 Å². The van der Waals surface area contributed by atoms with Gasteiger partial charge in [0, 0.05) is 18.4 Å². The second-order valence-corrected chi connectivity index (χ2v) is 5.64. The van der Waals surface area contributed by atoms with Gasteiger partial charge in [-0.05, 0) is 18.9 Å². The summed E-state index contributed by atoms with van der Waals surface area (Å²) in [6, 6.07) is 1.45. The van der Waals surface area contributed by atoms with E-state index in [1.807, 2.05) is 0 Å². The minimum atomic E-state index is -3.23. The third-order valence-electron chi connectivity index (χ3n) is 2.34. The van der Waals surface area contributed by atoms with Gasteiger partial charge < -0.3 is 5.73 Å². The molecule has 0 unspecified atom stereocenters. The lowest BCUT2D eigenvalue weighted by Crippen LogP contribution is -2.06. The van der Waals surface area contributed by atoms with Gasteiger partial charge in [0.05, 0.1) is 16.3 Å². The number of rotatable bonds is 2. The largest absolute Gasteiger partial charge is 0.396 e. The fraction of sp³-hybridized carbons (Fsp3) is 0.444. The zero-order valence-corrected chi connectivity index (χ0v) is 8.71. The summed E-state index contributed by atoms with van der Waals surface area (Å²) >= 11 is 0. The summed E-state index contributed by atoms with van der Waals surface area (Å²) in [6.45, 7) is 0. The van der Waals surface area contributed by atoms with E-state index in [-0.39, 0.29) is 4.90 Å². The number of aromatic nitrogens is 1. The maximum absolute atomic E-state index is 11.3. The lowest BCUT2D eigenvalue weighted by molar-refractivity contribution is 0.602. The maximum Gasteiger partial charge on any atom is 0.177 e. The molecule has 14 heavy (non-hydrogen) atoms. The van der Waals surface area contributed by atoms with E-state index in [9.17, 15) is 8.42 Å². The SMILES string of the molecule is CS(=O)(=O)c1ccnc(C2CC2)c1N. The van der Waals surface area contributed by atoms with Crippen molar-refractivity contribution in [2.24, 2.45) is 0 Å². The average molecular weight is 212 g/mol. The first kappa shape index (κ1) is 9.45. The number of hydrogen-bond donors (Lipinski definition) is 1. The number of pyridine rings is 1. The van der Waals surface area contributed by atoms with E-state index in [1.54, 1.807) is 0 Å². The number of sulfone groups is 1. The third kappa shape index (κ3) is 1.59. The molecule has 0 atom stereocenters. The first-order valence-corrected chi connectivity index (χ1v) is 6.33. The summed E-state index contributed by atoms with van der Waals surface area (Å²) in [5.74, 6) is 0.372. The molecule has 1 aliphatic rings. The Balaban J connectivity index is 2.57. The van der Waals surface area contributed by atoms with Crippen LogP contribution < -0.4 is 5.73 Å². The monoisotopic (exact) mass is 212 g/mol. The molecule has 2 N–H and O–H groups in total. The van der Waals surface area contributed by atoms with Gasteiger partial charge >= 0.3 is 0 Å². The van der Waals surface area contributed by atoms with Crippen LogP contribution in [0.15, 0.2) is 17.2 Å². The molecule has 4 nitrogen and oxygen atoms in total. The van der Waals surface area contributed by atoms with Crippen molar-refractivity contribution in [2.75, 3.05) is 12.0 Å². The Kier molecular flexibility index (Phi) is 1.99. The minimum absolute atomic E-state index is 0.203. The van der Waals surface area contributed by atoms with Gasteiger partial charge in [0.15, 0.2) is 9.84 Å². The van der Waals surface area contributed by atoms with Gasteiger partial charge in [-0.15, -0.1) is 0 Å². The Morgan fingerprint density at radius 1 is 1.50 bits per heavy atom. The molecule has 1 saturated carbocycles. The molecule has 1 aliphatic carbocycles. The molecule has 0 amide bonds. The van der Waals surface area contributed by atoms with Crippen LogP contribution >= 0.6 is 0 Å². The fourth-order valence-electron chi connectivity index (χ4n) is 1.48. The smallest absolute Gasteiger partial charge is 0.177 e. The molecule has 1 aromatic heterocycles. The van der Waals surface area contributed by atoms with Crippen LogP contribution in [0.5, 0.6) is 0 Å². The van der Waals surface area contributed by atoms with E-state index >= 15 is 0 Å². The number of nitrogens with zero attached hydrogens (tertiary/aromatic N) is 1. The topological polar surface area (TPSA) is 73.0 Å². The van der Waals surface area contributed by atoms with Crippen molar-refractivity contribution in [3.05, 3.63) is 18.0 Å². The molecular weight excluding hydrogens is 200 g/mol. The highest BCUT2D eigenvalue weighted by atomic mass is 32.2. The molecular formula is C9H12N2O2S. The Morgan fingerprint density at radius 3 is 2.64 bits per heavy atom. The van der Waals surface area contributed by atoms with Crippen LogP contribution in [-0.4, -0.2) is 19.7 Å². The highest BCUT2D eigenvalue weighted by molar-refractivity contribution is 7.90. The molecule has 0 aromatic carbocycles. The molecule has 0 saturated heterocycles. The quantitative estimate of drug-likeness (QED) is 0.792. The van der Waals surface area contributed by atoms with Gasteiger partial charge in [-0.1, -0.05) is 0 Å². The lowest BCUT2D eigenvalue weighted by atomic mass is 10.2. The molecule has 0 bridgehead atoms. The first-order valence-electron chi connectivity index (χ1n) is 4.44. The summed E-state index contributed by atoms with van der Waals surface area (Å²) in [6.07, 6.45) is 4.80. The molecule has 1 fully saturated rings. The summed E-state index contributed by atoms with van der Waals surface area (Å²) < 4.78 is 22.7. The van der Waals surface area contributed by atoms with E-state index in [0.29, 0.717) is 11.6 Å². The van der Waals surface area contributed by atoms with Crippen molar-refractivity contribution in [1.29, 1.82) is 0 Å². The molecule has 0 spiro atoms. The Labute approximate surface area is 83.1 Å². The fourth-order valence-corrected chi connectivity index (χ4v) is 2.29. The van der Waals surface area contributed by atoms with Crippen molar-refractivity contribution in [1.82, 2.24) is 4.98 Å². The van der Waals surface area contributed by atoms with Crippen molar-refractivity contribution >= 4 is 15.5 Å². The molecule has 1 heterocycles. The normalized spacial score (nSPS) is 16.9. The molecule has 0 radical (unpaired) electrons. The predicted molar refractivity (Wildman–Crippen MR) is 53.7 cm³/mol. The first-order chi connectivity index (χ1) is 6.50. The van der Waals surface area contributed by atoms with Crippen molar-refractivity contribution in [3.63, 3.8) is 0 Å². The van der Waals surface area contributed by atoms with Crippen LogP contribution in [0.4, 0.5) is 5.69 Å². The Morgan fingerprint density at radius 2 is 2.14 bits per heavy atom. The highest BCUT2D eigenvalue weighted by Gasteiger charge is 2.29. The summed E-state index contributed by atoms with van der Waals surface area (Å²) in [4.78, 5) is 4.33. The molecule has 0 aliphatic heterocycles. The van der Waals surface area contributed by atoms with E-state index in [4.69, 9.17) is 5.73 Å². The Bertz CT molecular complexity index is 464. The van der Waals surface area contributed by atoms with Crippen LogP contribution in [0.3, 0.4) is 0 Å². The highest BCUT2D eigenvalue weighted by Crippen LogP contribution is 2.42. The number of hydrogen-bond acceptors (Lipinski definition) is 4. The summed E-state index contributed by atoms with van der Waals surface area (Å²) in [7, 11) is -3.23. The van der Waals surface area contributed by atoms with Crippen LogP contribution in [0.1, 0.15) is 24.5 Å². The van der Waals surface area contributed by atoms with E-state index in [0.717, 1.165) is 24.8 Å². The van der Waals surface area contributed by atoms with Crippen LogP contribution in [0.25, 0.3) is 0 Å². The maximum atomic E-state index is 11.3. The summed E-state index contributed by atoms with van der Waals surface area (Å²) in [5.41, 5.74) is 6.84. The average Bonchev–Trinajstić information content (AvgIpc) is 2.85. The van der Waals surface area contributed by atoms with Gasteiger partial charge in [0.25, 0.3) is 0 Å². The van der Waals surface area contributed by atoms with E-state index < -0.39 is 9.84 Å². The predicted octanol–water partition coefficient (Wildman–Crippen LogP) is 0.945. The van der Waals surface area contributed by atoms with E-state index in [1.165, 1.54) is 12.3 Å². The standard InChI is InChI=1S/C9H12N2O2S/c1-14(12,13)7-4-5-11-9(8(7)10)6-2-3-6/h4-6H,2-3,10H2,1H3. The van der Waals surface area contributed by atoms with Crippen molar-refractivity contribution in [3.8, 4) is 0 Å². The van der Waals surface area contributed by atoms with Crippen LogP contribution in [0, 0.1) is 0 Å². The van der Waals surface area contributed by atoms with Gasteiger partial charge in [0.1, 0.15) is 0 Å². The number of nitrogen functional groups attached to an aromatic ring is 1. The number of nitrogens with two attached hydrogens (primary N) is 1. The zero-order valence-electron chi connectivity index (χ0n) is 7.90. The molecule has 5 heteroatoms.